The van der Waals surface area contributed by atoms with Gasteiger partial charge in [-0.3, -0.25) is 0 Å². The highest BCUT2D eigenvalue weighted by atomic mass is 14.9. The van der Waals surface area contributed by atoms with Gasteiger partial charge in [0.15, 0.2) is 0 Å². The number of hydrogen-bond acceptors (Lipinski definition) is 1. The average molecular weight is 267 g/mol. The molecule has 1 atom stereocenters. The van der Waals surface area contributed by atoms with Crippen LogP contribution in [0.1, 0.15) is 46.3 Å². The fraction of sp³-hybridized carbons (Fsp3) is 0.368. The number of benzene rings is 2. The van der Waals surface area contributed by atoms with Crippen LogP contribution in [0.25, 0.3) is 0 Å². The van der Waals surface area contributed by atoms with Crippen LogP contribution < -0.4 is 5.32 Å². The Morgan fingerprint density at radius 3 is 2.20 bits per heavy atom. The van der Waals surface area contributed by atoms with E-state index in [4.69, 9.17) is 0 Å². The quantitative estimate of drug-likeness (QED) is 0.841. The minimum Gasteiger partial charge on any atom is -0.306 e. The zero-order valence-corrected chi connectivity index (χ0v) is 13.2. The largest absolute Gasteiger partial charge is 0.306 e. The molecule has 2 aromatic carbocycles. The summed E-state index contributed by atoms with van der Waals surface area (Å²) < 4.78 is 0. The number of rotatable bonds is 4. The number of nitrogens with one attached hydrogen (secondary N) is 1. The van der Waals surface area contributed by atoms with Gasteiger partial charge in [0, 0.05) is 12.6 Å². The lowest BCUT2D eigenvalue weighted by molar-refractivity contribution is 0.569. The molecule has 0 aliphatic rings. The molecule has 0 fully saturated rings. The highest BCUT2D eigenvalue weighted by Crippen LogP contribution is 2.20. The molecule has 2 aromatic rings. The van der Waals surface area contributed by atoms with E-state index < -0.39 is 0 Å². The lowest BCUT2D eigenvalue weighted by atomic mass is 9.98. The van der Waals surface area contributed by atoms with Gasteiger partial charge in [0.1, 0.15) is 0 Å². The molecule has 1 nitrogen and oxygen atoms in total. The second-order valence-corrected chi connectivity index (χ2v) is 5.83. The van der Waals surface area contributed by atoms with Gasteiger partial charge in [-0.05, 0) is 62.4 Å². The van der Waals surface area contributed by atoms with E-state index in [9.17, 15) is 0 Å². The Labute approximate surface area is 123 Å². The first-order valence-corrected chi connectivity index (χ1v) is 7.34. The molecule has 106 valence electrons. The highest BCUT2D eigenvalue weighted by molar-refractivity contribution is 5.35. The van der Waals surface area contributed by atoms with E-state index in [0.717, 1.165) is 6.54 Å². The summed E-state index contributed by atoms with van der Waals surface area (Å²) in [5.41, 5.74) is 8.24. The van der Waals surface area contributed by atoms with Crippen molar-refractivity contribution < 1.29 is 0 Å². The van der Waals surface area contributed by atoms with Gasteiger partial charge >= 0.3 is 0 Å². The summed E-state index contributed by atoms with van der Waals surface area (Å²) >= 11 is 0. The molecule has 0 spiro atoms. The van der Waals surface area contributed by atoms with E-state index in [1.807, 2.05) is 0 Å². The fourth-order valence-electron chi connectivity index (χ4n) is 2.72. The first-order valence-electron chi connectivity index (χ1n) is 7.34. The van der Waals surface area contributed by atoms with Crippen LogP contribution >= 0.6 is 0 Å². The van der Waals surface area contributed by atoms with Crippen molar-refractivity contribution in [2.24, 2.45) is 0 Å². The van der Waals surface area contributed by atoms with Crippen LogP contribution in [-0.2, 0) is 6.54 Å². The Morgan fingerprint density at radius 2 is 1.55 bits per heavy atom. The molecule has 1 N–H and O–H groups in total. The van der Waals surface area contributed by atoms with Crippen molar-refractivity contribution in [1.29, 1.82) is 0 Å². The van der Waals surface area contributed by atoms with Crippen LogP contribution in [0.15, 0.2) is 36.4 Å². The van der Waals surface area contributed by atoms with Gasteiger partial charge in [-0.15, -0.1) is 0 Å². The SMILES string of the molecule is Cc1ccc(C)c(C(C)NCc2c(C)cccc2C)c1. The Morgan fingerprint density at radius 1 is 0.900 bits per heavy atom. The topological polar surface area (TPSA) is 12.0 Å². The van der Waals surface area contributed by atoms with Crippen LogP contribution in [0.3, 0.4) is 0 Å². The Balaban J connectivity index is 2.13. The molecule has 0 aliphatic carbocycles. The van der Waals surface area contributed by atoms with E-state index >= 15 is 0 Å². The third-order valence-corrected chi connectivity index (χ3v) is 4.13. The van der Waals surface area contributed by atoms with E-state index in [1.54, 1.807) is 0 Å². The van der Waals surface area contributed by atoms with E-state index in [2.05, 4.69) is 76.3 Å². The molecule has 1 heteroatoms. The predicted molar refractivity (Wildman–Crippen MR) is 87.1 cm³/mol. The minimum absolute atomic E-state index is 0.369. The Hall–Kier alpha value is -1.60. The Bertz CT molecular complexity index is 578. The minimum atomic E-state index is 0.369. The lowest BCUT2D eigenvalue weighted by Gasteiger charge is -2.19. The van der Waals surface area contributed by atoms with Gasteiger partial charge in [-0.2, -0.15) is 0 Å². The zero-order valence-electron chi connectivity index (χ0n) is 13.2. The molecule has 20 heavy (non-hydrogen) atoms. The summed E-state index contributed by atoms with van der Waals surface area (Å²) in [6.45, 7) is 11.9. The lowest BCUT2D eigenvalue weighted by Crippen LogP contribution is -2.20. The number of aryl methyl sites for hydroxylation is 4. The van der Waals surface area contributed by atoms with Crippen molar-refractivity contribution in [3.8, 4) is 0 Å². The first kappa shape index (κ1) is 14.8. The van der Waals surface area contributed by atoms with Crippen molar-refractivity contribution in [3.05, 3.63) is 69.8 Å². The van der Waals surface area contributed by atoms with Crippen LogP contribution in [-0.4, -0.2) is 0 Å². The maximum Gasteiger partial charge on any atom is 0.0297 e. The van der Waals surface area contributed by atoms with Crippen molar-refractivity contribution in [2.45, 2.75) is 47.2 Å². The molecule has 0 aliphatic heterocycles. The molecular formula is C19H25N. The van der Waals surface area contributed by atoms with Gasteiger partial charge in [-0.1, -0.05) is 42.0 Å². The summed E-state index contributed by atoms with van der Waals surface area (Å²) in [4.78, 5) is 0. The Kier molecular flexibility index (Phi) is 4.61. The average Bonchev–Trinajstić information content (AvgIpc) is 2.40. The first-order chi connectivity index (χ1) is 9.49. The molecule has 0 aromatic heterocycles. The van der Waals surface area contributed by atoms with E-state index in [1.165, 1.54) is 33.4 Å². The van der Waals surface area contributed by atoms with Crippen LogP contribution in [0.4, 0.5) is 0 Å². The van der Waals surface area contributed by atoms with Crippen LogP contribution in [0.2, 0.25) is 0 Å². The maximum atomic E-state index is 3.66. The van der Waals surface area contributed by atoms with E-state index in [-0.39, 0.29) is 0 Å². The molecular weight excluding hydrogens is 242 g/mol. The molecule has 0 radical (unpaired) electrons. The predicted octanol–water partition coefficient (Wildman–Crippen LogP) is 4.77. The fourth-order valence-corrected chi connectivity index (χ4v) is 2.72. The molecule has 0 heterocycles. The summed E-state index contributed by atoms with van der Waals surface area (Å²) in [5.74, 6) is 0. The van der Waals surface area contributed by atoms with Crippen molar-refractivity contribution >= 4 is 0 Å². The third kappa shape index (κ3) is 3.29. The second kappa shape index (κ2) is 6.23. The monoisotopic (exact) mass is 267 g/mol. The molecule has 0 saturated heterocycles. The normalized spacial score (nSPS) is 12.4. The smallest absolute Gasteiger partial charge is 0.0297 e. The van der Waals surface area contributed by atoms with Crippen molar-refractivity contribution in [3.63, 3.8) is 0 Å². The van der Waals surface area contributed by atoms with Crippen LogP contribution in [0.5, 0.6) is 0 Å². The second-order valence-electron chi connectivity index (χ2n) is 5.83. The summed E-state index contributed by atoms with van der Waals surface area (Å²) in [7, 11) is 0. The molecule has 0 saturated carbocycles. The van der Waals surface area contributed by atoms with Crippen molar-refractivity contribution in [1.82, 2.24) is 5.32 Å². The molecule has 0 bridgehead atoms. The van der Waals surface area contributed by atoms with Gasteiger partial charge < -0.3 is 5.32 Å². The van der Waals surface area contributed by atoms with Crippen LogP contribution in [0, 0.1) is 27.7 Å². The maximum absolute atomic E-state index is 3.66. The zero-order chi connectivity index (χ0) is 14.7. The van der Waals surface area contributed by atoms with Crippen molar-refractivity contribution in [2.75, 3.05) is 0 Å². The van der Waals surface area contributed by atoms with Gasteiger partial charge in [0.25, 0.3) is 0 Å². The summed E-state index contributed by atoms with van der Waals surface area (Å²) in [6.07, 6.45) is 0. The van der Waals surface area contributed by atoms with Gasteiger partial charge in [0.2, 0.25) is 0 Å². The van der Waals surface area contributed by atoms with Gasteiger partial charge in [0.05, 0.1) is 0 Å². The van der Waals surface area contributed by atoms with Gasteiger partial charge in [-0.25, -0.2) is 0 Å². The van der Waals surface area contributed by atoms with E-state index in [0.29, 0.717) is 6.04 Å². The summed E-state index contributed by atoms with van der Waals surface area (Å²) in [6, 6.07) is 13.5. The highest BCUT2D eigenvalue weighted by Gasteiger charge is 2.09. The molecule has 1 unspecified atom stereocenters. The summed E-state index contributed by atoms with van der Waals surface area (Å²) in [5, 5.41) is 3.66. The third-order valence-electron chi connectivity index (χ3n) is 4.13. The molecule has 0 amide bonds. The standard InChI is InChI=1S/C19H25N/c1-13-9-10-16(4)18(11-13)17(5)20-12-19-14(2)7-6-8-15(19)3/h6-11,17,20H,12H2,1-5H3. The number of hydrogen-bond donors (Lipinski definition) is 1. The molecule has 2 rings (SSSR count).